The molecule has 2 aromatic carbocycles. The van der Waals surface area contributed by atoms with Crippen LogP contribution in [0.2, 0.25) is 0 Å². The van der Waals surface area contributed by atoms with Gasteiger partial charge in [-0.1, -0.05) is 15.9 Å². The molecule has 10 heteroatoms. The summed E-state index contributed by atoms with van der Waals surface area (Å²) >= 11 is 3.26. The van der Waals surface area contributed by atoms with Gasteiger partial charge in [-0.05, 0) is 48.5 Å². The molecule has 0 fully saturated rings. The lowest BCUT2D eigenvalue weighted by atomic mass is 10.2. The molecule has 3 rings (SSSR count). The fourth-order valence-corrected chi connectivity index (χ4v) is 2.57. The Labute approximate surface area is 164 Å². The third-order valence-corrected chi connectivity index (χ3v) is 4.20. The number of nitrogens with one attached hydrogen (secondary N) is 1. The quantitative estimate of drug-likeness (QED) is 0.628. The van der Waals surface area contributed by atoms with Crippen LogP contribution in [-0.4, -0.2) is 20.8 Å². The van der Waals surface area contributed by atoms with Crippen LogP contribution >= 0.6 is 15.9 Å². The zero-order valence-corrected chi connectivity index (χ0v) is 15.5. The van der Waals surface area contributed by atoms with Crippen LogP contribution in [0.1, 0.15) is 16.1 Å². The number of carbonyl (C=O) groups excluding carboxylic acids is 1. The average molecular weight is 454 g/mol. The number of alkyl halides is 3. The first kappa shape index (κ1) is 19.6. The summed E-state index contributed by atoms with van der Waals surface area (Å²) in [6.45, 7) is 0. The van der Waals surface area contributed by atoms with Gasteiger partial charge in [-0.2, -0.15) is 23.0 Å². The molecular weight excluding hydrogens is 443 g/mol. The lowest BCUT2D eigenvalue weighted by Crippen LogP contribution is -2.25. The van der Waals surface area contributed by atoms with Gasteiger partial charge < -0.3 is 10.4 Å². The van der Waals surface area contributed by atoms with Gasteiger partial charge in [-0.25, -0.2) is 0 Å². The second-order valence-electron chi connectivity index (χ2n) is 5.63. The SMILES string of the molecule is O=C(Nc1ccc(C(F)(F)F)cc1)c1nn(-c2ccc(Br)cc2)c(=O)cc1O. The fraction of sp³-hybridized carbons (Fsp3) is 0.0556. The molecule has 0 aliphatic rings. The first-order chi connectivity index (χ1) is 13.1. The molecule has 0 aliphatic heterocycles. The van der Waals surface area contributed by atoms with E-state index in [4.69, 9.17) is 0 Å². The molecule has 0 saturated carbocycles. The molecule has 0 bridgehead atoms. The number of aromatic hydroxyl groups is 1. The number of anilines is 1. The van der Waals surface area contributed by atoms with Gasteiger partial charge in [0.15, 0.2) is 11.4 Å². The van der Waals surface area contributed by atoms with Gasteiger partial charge >= 0.3 is 6.18 Å². The van der Waals surface area contributed by atoms with Crippen molar-refractivity contribution < 1.29 is 23.1 Å². The summed E-state index contributed by atoms with van der Waals surface area (Å²) in [4.78, 5) is 24.5. The number of aromatic nitrogens is 2. The largest absolute Gasteiger partial charge is 0.505 e. The topological polar surface area (TPSA) is 84.2 Å². The van der Waals surface area contributed by atoms with E-state index in [2.05, 4.69) is 26.3 Å². The minimum absolute atomic E-state index is 0.0700. The molecule has 0 atom stereocenters. The molecule has 1 aromatic heterocycles. The smallest absolute Gasteiger partial charge is 0.416 e. The number of amides is 1. The van der Waals surface area contributed by atoms with Crippen molar-refractivity contribution in [1.29, 1.82) is 0 Å². The van der Waals surface area contributed by atoms with Crippen molar-refractivity contribution >= 4 is 27.5 Å². The van der Waals surface area contributed by atoms with E-state index in [0.717, 1.165) is 39.5 Å². The van der Waals surface area contributed by atoms with Crippen LogP contribution in [0, 0.1) is 0 Å². The summed E-state index contributed by atoms with van der Waals surface area (Å²) in [6, 6.07) is 11.1. The molecule has 6 nitrogen and oxygen atoms in total. The Morgan fingerprint density at radius 1 is 1.07 bits per heavy atom. The summed E-state index contributed by atoms with van der Waals surface area (Å²) in [7, 11) is 0. The number of nitrogens with zero attached hydrogens (tertiary/aromatic N) is 2. The number of hydrogen-bond donors (Lipinski definition) is 2. The summed E-state index contributed by atoms with van der Waals surface area (Å²) < 4.78 is 39.5. The second-order valence-corrected chi connectivity index (χ2v) is 6.55. The van der Waals surface area contributed by atoms with Crippen molar-refractivity contribution in [2.75, 3.05) is 5.32 Å². The van der Waals surface area contributed by atoms with E-state index in [1.807, 2.05) is 0 Å². The van der Waals surface area contributed by atoms with Crippen molar-refractivity contribution in [1.82, 2.24) is 9.78 Å². The Kier molecular flexibility index (Phi) is 5.23. The molecule has 1 amide bonds. The molecule has 0 saturated heterocycles. The van der Waals surface area contributed by atoms with Gasteiger partial charge in [0.2, 0.25) is 0 Å². The van der Waals surface area contributed by atoms with Gasteiger partial charge in [0.25, 0.3) is 11.5 Å². The Hall–Kier alpha value is -3.14. The van der Waals surface area contributed by atoms with Crippen LogP contribution in [0.3, 0.4) is 0 Å². The summed E-state index contributed by atoms with van der Waals surface area (Å²) in [6.07, 6.45) is -4.50. The van der Waals surface area contributed by atoms with E-state index >= 15 is 0 Å². The predicted molar refractivity (Wildman–Crippen MR) is 98.6 cm³/mol. The van der Waals surface area contributed by atoms with Gasteiger partial charge in [0.1, 0.15) is 0 Å². The van der Waals surface area contributed by atoms with Crippen LogP contribution in [-0.2, 0) is 6.18 Å². The molecule has 0 spiro atoms. The fourth-order valence-electron chi connectivity index (χ4n) is 2.31. The minimum Gasteiger partial charge on any atom is -0.505 e. The van der Waals surface area contributed by atoms with Gasteiger partial charge in [-0.15, -0.1) is 0 Å². The van der Waals surface area contributed by atoms with Crippen LogP contribution in [0.25, 0.3) is 5.69 Å². The molecule has 0 radical (unpaired) electrons. The highest BCUT2D eigenvalue weighted by molar-refractivity contribution is 9.10. The zero-order valence-electron chi connectivity index (χ0n) is 13.9. The van der Waals surface area contributed by atoms with Crippen LogP contribution in [0.4, 0.5) is 18.9 Å². The number of rotatable bonds is 3. The molecule has 3 aromatic rings. The molecule has 1 heterocycles. The van der Waals surface area contributed by atoms with E-state index in [-0.39, 0.29) is 5.69 Å². The van der Waals surface area contributed by atoms with E-state index in [9.17, 15) is 27.9 Å². The average Bonchev–Trinajstić information content (AvgIpc) is 2.62. The Balaban J connectivity index is 1.90. The molecule has 0 unspecified atom stereocenters. The van der Waals surface area contributed by atoms with Crippen molar-refractivity contribution in [3.63, 3.8) is 0 Å². The monoisotopic (exact) mass is 453 g/mol. The normalized spacial score (nSPS) is 11.3. The molecule has 2 N–H and O–H groups in total. The highest BCUT2D eigenvalue weighted by Gasteiger charge is 2.30. The van der Waals surface area contributed by atoms with Gasteiger partial charge in [0, 0.05) is 16.2 Å². The van der Waals surface area contributed by atoms with Crippen LogP contribution in [0.5, 0.6) is 5.75 Å². The third kappa shape index (κ3) is 4.22. The van der Waals surface area contributed by atoms with E-state index in [1.165, 1.54) is 0 Å². The van der Waals surface area contributed by atoms with Crippen LogP contribution in [0.15, 0.2) is 63.9 Å². The van der Waals surface area contributed by atoms with Crippen molar-refractivity contribution in [2.45, 2.75) is 6.18 Å². The number of halogens is 4. The van der Waals surface area contributed by atoms with Crippen LogP contribution < -0.4 is 10.9 Å². The summed E-state index contributed by atoms with van der Waals surface area (Å²) in [5, 5.41) is 16.1. The third-order valence-electron chi connectivity index (χ3n) is 3.67. The van der Waals surface area contributed by atoms with Gasteiger partial charge in [-0.3, -0.25) is 9.59 Å². The summed E-state index contributed by atoms with van der Waals surface area (Å²) in [5.41, 5.74) is -1.55. The first-order valence-electron chi connectivity index (χ1n) is 7.73. The maximum absolute atomic E-state index is 12.6. The van der Waals surface area contributed by atoms with E-state index in [0.29, 0.717) is 5.69 Å². The Morgan fingerprint density at radius 3 is 2.25 bits per heavy atom. The highest BCUT2D eigenvalue weighted by atomic mass is 79.9. The number of hydrogen-bond acceptors (Lipinski definition) is 4. The van der Waals surface area contributed by atoms with Crippen molar-refractivity contribution in [3.8, 4) is 11.4 Å². The molecular formula is C18H11BrF3N3O3. The number of carbonyl (C=O) groups is 1. The zero-order chi connectivity index (χ0) is 20.5. The lowest BCUT2D eigenvalue weighted by molar-refractivity contribution is -0.137. The molecule has 0 aliphatic carbocycles. The number of benzene rings is 2. The van der Waals surface area contributed by atoms with Crippen molar-refractivity contribution in [2.24, 2.45) is 0 Å². The predicted octanol–water partition coefficient (Wildman–Crippen LogP) is 3.97. The van der Waals surface area contributed by atoms with Crippen molar-refractivity contribution in [3.05, 3.63) is 80.7 Å². The second kappa shape index (κ2) is 7.47. The standard InChI is InChI=1S/C18H11BrF3N3O3/c19-11-3-7-13(8-4-11)25-15(27)9-14(26)16(24-25)17(28)23-12-5-1-10(2-6-12)18(20,21)22/h1-9,26H,(H,23,28). The Morgan fingerprint density at radius 2 is 1.68 bits per heavy atom. The summed E-state index contributed by atoms with van der Waals surface area (Å²) in [5.74, 6) is -1.54. The lowest BCUT2D eigenvalue weighted by Gasteiger charge is -2.11. The molecule has 144 valence electrons. The maximum Gasteiger partial charge on any atom is 0.416 e. The minimum atomic E-state index is -4.50. The first-order valence-corrected chi connectivity index (χ1v) is 8.52. The van der Waals surface area contributed by atoms with E-state index < -0.39 is 34.6 Å². The highest BCUT2D eigenvalue weighted by Crippen LogP contribution is 2.30. The molecule has 28 heavy (non-hydrogen) atoms. The maximum atomic E-state index is 12.6. The Bertz CT molecular complexity index is 1080. The van der Waals surface area contributed by atoms with E-state index in [1.54, 1.807) is 24.3 Å². The van der Waals surface area contributed by atoms with Gasteiger partial charge in [0.05, 0.1) is 11.3 Å².